The van der Waals surface area contributed by atoms with Gasteiger partial charge in [-0.3, -0.25) is 38.9 Å². The molecular formula is C24H24N6O10. The topological polar surface area (TPSA) is 263 Å². The number of hydrogen-bond acceptors (Lipinski definition) is 9. The number of ether oxygens (including phenoxy) is 1. The molecule has 16 nitrogen and oxygen atoms in total. The molecule has 1 heterocycles. The molecule has 3 rings (SSSR count). The van der Waals surface area contributed by atoms with Crippen molar-refractivity contribution in [2.24, 2.45) is 11.5 Å². The number of primary amides is 2. The van der Waals surface area contributed by atoms with E-state index in [2.05, 4.69) is 16.0 Å². The lowest BCUT2D eigenvalue weighted by Crippen LogP contribution is -2.53. The van der Waals surface area contributed by atoms with Gasteiger partial charge in [-0.25, -0.2) is 0 Å². The fraction of sp³-hybridized carbons (Fsp3) is 0.250. The second-order valence-corrected chi connectivity index (χ2v) is 8.64. The van der Waals surface area contributed by atoms with E-state index in [0.29, 0.717) is 0 Å². The fourth-order valence-corrected chi connectivity index (χ4v) is 3.74. The Kier molecular flexibility index (Phi) is 8.95. The number of anilines is 1. The molecule has 0 unspecified atom stereocenters. The largest absolute Gasteiger partial charge is 0.488 e. The number of carboxylic acids is 1. The van der Waals surface area contributed by atoms with Crippen LogP contribution in [0.2, 0.25) is 0 Å². The molecule has 40 heavy (non-hydrogen) atoms. The van der Waals surface area contributed by atoms with Crippen LogP contribution in [0.15, 0.2) is 36.4 Å². The van der Waals surface area contributed by atoms with Gasteiger partial charge in [0.15, 0.2) is 0 Å². The van der Waals surface area contributed by atoms with Gasteiger partial charge in [0.25, 0.3) is 11.6 Å². The summed E-state index contributed by atoms with van der Waals surface area (Å²) < 4.78 is 5.73. The van der Waals surface area contributed by atoms with Crippen LogP contribution in [0.1, 0.15) is 45.5 Å². The van der Waals surface area contributed by atoms with Crippen LogP contribution in [-0.2, 0) is 25.8 Å². The maximum Gasteiger partial charge on any atom is 0.303 e. The summed E-state index contributed by atoms with van der Waals surface area (Å²) in [7, 11) is 0. The minimum Gasteiger partial charge on any atom is -0.488 e. The van der Waals surface area contributed by atoms with Crippen LogP contribution in [-0.4, -0.2) is 57.6 Å². The number of nitro benzene ring substituents is 1. The number of nitro groups is 1. The van der Waals surface area contributed by atoms with Crippen LogP contribution in [0.3, 0.4) is 0 Å². The molecule has 2 aromatic carbocycles. The van der Waals surface area contributed by atoms with E-state index in [4.69, 9.17) is 21.3 Å². The molecule has 1 aliphatic heterocycles. The van der Waals surface area contributed by atoms with E-state index in [1.165, 1.54) is 18.2 Å². The van der Waals surface area contributed by atoms with Gasteiger partial charge in [-0.05, 0) is 24.6 Å². The fourth-order valence-electron chi connectivity index (χ4n) is 3.74. The number of amides is 5. The summed E-state index contributed by atoms with van der Waals surface area (Å²) in [4.78, 5) is 84.6. The first kappa shape index (κ1) is 29.0. The number of carbonyl (C=O) groups excluding carboxylic acids is 5. The average molecular weight is 556 g/mol. The van der Waals surface area contributed by atoms with E-state index in [-0.39, 0.29) is 34.7 Å². The van der Waals surface area contributed by atoms with Crippen LogP contribution in [0, 0.1) is 10.1 Å². The van der Waals surface area contributed by atoms with Gasteiger partial charge < -0.3 is 37.3 Å². The zero-order valence-corrected chi connectivity index (χ0v) is 20.7. The Hall–Kier alpha value is -5.54. The molecule has 0 aliphatic carbocycles. The van der Waals surface area contributed by atoms with Crippen molar-refractivity contribution in [2.75, 3.05) is 5.32 Å². The average Bonchev–Trinajstić information content (AvgIpc) is 2.88. The van der Waals surface area contributed by atoms with E-state index in [1.54, 1.807) is 0 Å². The highest BCUT2D eigenvalue weighted by Gasteiger charge is 2.31. The van der Waals surface area contributed by atoms with Crippen LogP contribution >= 0.6 is 0 Å². The lowest BCUT2D eigenvalue weighted by atomic mass is 10.1. The van der Waals surface area contributed by atoms with Gasteiger partial charge in [0.2, 0.25) is 23.6 Å². The first-order valence-electron chi connectivity index (χ1n) is 11.6. The van der Waals surface area contributed by atoms with Crippen molar-refractivity contribution in [3.05, 3.63) is 63.2 Å². The van der Waals surface area contributed by atoms with Crippen LogP contribution in [0.25, 0.3) is 0 Å². The molecule has 0 bridgehead atoms. The van der Waals surface area contributed by atoms with Crippen molar-refractivity contribution < 1.29 is 43.5 Å². The van der Waals surface area contributed by atoms with Crippen LogP contribution < -0.4 is 32.2 Å². The third-order valence-corrected chi connectivity index (χ3v) is 5.76. The molecule has 2 aromatic rings. The Labute approximate surface area is 225 Å². The first-order valence-corrected chi connectivity index (χ1v) is 11.6. The summed E-state index contributed by atoms with van der Waals surface area (Å²) in [6.07, 6.45) is -1.69. The third kappa shape index (κ3) is 7.27. The Bertz CT molecular complexity index is 1410. The Morgan fingerprint density at radius 3 is 2.38 bits per heavy atom. The Morgan fingerprint density at radius 1 is 1.02 bits per heavy atom. The molecule has 5 amide bonds. The summed E-state index contributed by atoms with van der Waals surface area (Å²) >= 11 is 0. The van der Waals surface area contributed by atoms with Gasteiger partial charge >= 0.3 is 5.97 Å². The molecule has 0 radical (unpaired) electrons. The standard InChI is InChI=1S/C24H24N6O10/c25-19(31)9-17-24(37)28-16-7-11(21(26)34)1-2-12(16)10-40-18-5-3-13(30(38)39)8-14(18)22(35)27-15(23(36)29-17)4-6-20(32)33/h1-3,5,7-8,15,17H,4,6,9-10H2,(H2,25,31)(H2,26,34)(H,27,35)(H,28,37)(H,29,36)(H,32,33)/t15-,17-/m0/s1. The molecule has 8 N–H and O–H groups in total. The van der Waals surface area contributed by atoms with Gasteiger partial charge in [-0.2, -0.15) is 0 Å². The molecule has 16 heteroatoms. The Morgan fingerprint density at radius 2 is 1.75 bits per heavy atom. The van der Waals surface area contributed by atoms with Crippen molar-refractivity contribution in [3.8, 4) is 5.75 Å². The van der Waals surface area contributed by atoms with Gasteiger partial charge in [-0.15, -0.1) is 0 Å². The number of carboxylic acid groups (broad SMARTS) is 1. The minimum absolute atomic E-state index is 0.000194. The highest BCUT2D eigenvalue weighted by Crippen LogP contribution is 2.27. The molecule has 0 fully saturated rings. The highest BCUT2D eigenvalue weighted by molar-refractivity contribution is 6.04. The number of non-ortho nitro benzene ring substituents is 1. The number of aliphatic carboxylic acids is 1. The molecule has 0 aromatic heterocycles. The number of rotatable bonds is 7. The number of hydrogen-bond donors (Lipinski definition) is 6. The Balaban J connectivity index is 2.14. The SMILES string of the molecule is NC(=O)C[C@@H]1NC(=O)[C@H](CCC(=O)O)NC(=O)c2cc([N+](=O)[O-])ccc2OCc2ccc(C(N)=O)cc2NC1=O. The van der Waals surface area contributed by atoms with Crippen molar-refractivity contribution >= 4 is 46.9 Å². The van der Waals surface area contributed by atoms with E-state index in [9.17, 15) is 38.9 Å². The minimum atomic E-state index is -1.57. The molecule has 2 atom stereocenters. The molecule has 0 saturated carbocycles. The van der Waals surface area contributed by atoms with Crippen LogP contribution in [0.4, 0.5) is 11.4 Å². The number of nitrogens with zero attached hydrogens (tertiary/aromatic N) is 1. The zero-order chi connectivity index (χ0) is 29.6. The number of benzene rings is 2. The second kappa shape index (κ2) is 12.3. The second-order valence-electron chi connectivity index (χ2n) is 8.64. The lowest BCUT2D eigenvalue weighted by molar-refractivity contribution is -0.384. The zero-order valence-electron chi connectivity index (χ0n) is 20.7. The lowest BCUT2D eigenvalue weighted by Gasteiger charge is -2.24. The van der Waals surface area contributed by atoms with Crippen molar-refractivity contribution in [2.45, 2.75) is 38.0 Å². The predicted molar refractivity (Wildman–Crippen MR) is 135 cm³/mol. The van der Waals surface area contributed by atoms with Crippen molar-refractivity contribution in [3.63, 3.8) is 0 Å². The molecule has 210 valence electrons. The summed E-state index contributed by atoms with van der Waals surface area (Å²) in [5.41, 5.74) is 10.1. The highest BCUT2D eigenvalue weighted by atomic mass is 16.6. The van der Waals surface area contributed by atoms with Gasteiger partial charge in [0.05, 0.1) is 16.9 Å². The molecule has 0 spiro atoms. The quantitative estimate of drug-likeness (QED) is 0.189. The maximum absolute atomic E-state index is 13.2. The van der Waals surface area contributed by atoms with E-state index in [0.717, 1.165) is 18.2 Å². The van der Waals surface area contributed by atoms with Gasteiger partial charge in [0, 0.05) is 35.4 Å². The number of nitrogens with one attached hydrogen (secondary N) is 3. The smallest absolute Gasteiger partial charge is 0.303 e. The van der Waals surface area contributed by atoms with E-state index < -0.39 is 77.5 Å². The predicted octanol–water partition coefficient (Wildman–Crippen LogP) is -0.452. The van der Waals surface area contributed by atoms with Crippen LogP contribution in [0.5, 0.6) is 5.75 Å². The molecule has 0 saturated heterocycles. The van der Waals surface area contributed by atoms with E-state index in [1.807, 2.05) is 0 Å². The third-order valence-electron chi connectivity index (χ3n) is 5.76. The van der Waals surface area contributed by atoms with Crippen molar-refractivity contribution in [1.82, 2.24) is 10.6 Å². The summed E-state index contributed by atoms with van der Waals surface area (Å²) in [6, 6.07) is 4.01. The van der Waals surface area contributed by atoms with E-state index >= 15 is 0 Å². The van der Waals surface area contributed by atoms with Gasteiger partial charge in [-0.1, -0.05) is 6.07 Å². The summed E-state index contributed by atoms with van der Waals surface area (Å²) in [5.74, 6) is -6.20. The summed E-state index contributed by atoms with van der Waals surface area (Å²) in [6.45, 7) is -0.317. The number of nitrogens with two attached hydrogens (primary N) is 2. The normalized spacial score (nSPS) is 17.4. The van der Waals surface area contributed by atoms with Crippen molar-refractivity contribution in [1.29, 1.82) is 0 Å². The first-order chi connectivity index (χ1) is 18.8. The molecule has 1 aliphatic rings. The maximum atomic E-state index is 13.2. The molecular weight excluding hydrogens is 532 g/mol. The number of carbonyl (C=O) groups is 6. The van der Waals surface area contributed by atoms with Gasteiger partial charge in [0.1, 0.15) is 24.4 Å². The number of fused-ring (bicyclic) bond motifs is 2. The summed E-state index contributed by atoms with van der Waals surface area (Å²) in [5, 5.41) is 27.5. The monoisotopic (exact) mass is 556 g/mol.